The second kappa shape index (κ2) is 7.56. The summed E-state index contributed by atoms with van der Waals surface area (Å²) in [6, 6.07) is 11.4. The number of rotatable bonds is 5. The van der Waals surface area contributed by atoms with Gasteiger partial charge in [-0.15, -0.1) is 0 Å². The van der Waals surface area contributed by atoms with Crippen LogP contribution < -0.4 is 5.32 Å². The van der Waals surface area contributed by atoms with Gasteiger partial charge in [0, 0.05) is 40.8 Å². The molecule has 0 fully saturated rings. The van der Waals surface area contributed by atoms with Gasteiger partial charge in [0.15, 0.2) is 5.82 Å². The van der Waals surface area contributed by atoms with Gasteiger partial charge in [0.05, 0.1) is 17.8 Å². The molecular weight excluding hydrogens is 352 g/mol. The van der Waals surface area contributed by atoms with E-state index in [-0.39, 0.29) is 18.5 Å². The summed E-state index contributed by atoms with van der Waals surface area (Å²) in [7, 11) is 0. The highest BCUT2D eigenvalue weighted by Crippen LogP contribution is 2.19. The number of aromatic nitrogens is 5. The zero-order valence-electron chi connectivity index (χ0n) is 15.7. The molecule has 3 aromatic heterocycles. The Morgan fingerprint density at radius 2 is 1.93 bits per heavy atom. The Labute approximate surface area is 162 Å². The molecule has 7 heteroatoms. The van der Waals surface area contributed by atoms with Gasteiger partial charge in [-0.25, -0.2) is 9.97 Å². The number of aryl methyl sites for hydroxylation is 1. The number of carbonyl (C=O) groups excluding carboxylic acids is 1. The van der Waals surface area contributed by atoms with Crippen LogP contribution in [0.5, 0.6) is 0 Å². The van der Waals surface area contributed by atoms with Crippen LogP contribution in [0.4, 0.5) is 0 Å². The Hall–Kier alpha value is -3.61. The van der Waals surface area contributed by atoms with Crippen LogP contribution in [0.15, 0.2) is 61.2 Å². The van der Waals surface area contributed by atoms with Gasteiger partial charge >= 0.3 is 0 Å². The lowest BCUT2D eigenvalue weighted by atomic mass is 10.1. The average Bonchev–Trinajstić information content (AvgIpc) is 3.11. The molecule has 0 saturated carbocycles. The summed E-state index contributed by atoms with van der Waals surface area (Å²) in [5.74, 6) is 0.532. The van der Waals surface area contributed by atoms with Crippen molar-refractivity contribution in [2.75, 3.05) is 0 Å². The van der Waals surface area contributed by atoms with Crippen molar-refractivity contribution in [3.8, 4) is 11.4 Å². The van der Waals surface area contributed by atoms with Crippen molar-refractivity contribution >= 4 is 16.8 Å². The fourth-order valence-corrected chi connectivity index (χ4v) is 3.19. The van der Waals surface area contributed by atoms with Gasteiger partial charge in [-0.3, -0.25) is 14.5 Å². The molecule has 140 valence electrons. The molecule has 0 saturated heterocycles. The van der Waals surface area contributed by atoms with Crippen molar-refractivity contribution < 1.29 is 4.79 Å². The first-order valence-electron chi connectivity index (χ1n) is 9.05. The molecule has 4 rings (SSSR count). The van der Waals surface area contributed by atoms with E-state index in [9.17, 15) is 4.79 Å². The number of hydrogen-bond donors (Lipinski definition) is 1. The van der Waals surface area contributed by atoms with E-state index in [2.05, 4.69) is 25.4 Å². The van der Waals surface area contributed by atoms with Crippen LogP contribution in [0.2, 0.25) is 0 Å². The van der Waals surface area contributed by atoms with Gasteiger partial charge in [0.25, 0.3) is 0 Å². The molecule has 0 radical (unpaired) electrons. The van der Waals surface area contributed by atoms with Crippen molar-refractivity contribution in [2.45, 2.75) is 26.4 Å². The standard InChI is InChI=1S/C21H20N6O/c1-14(18-12-23-21(26-15(18)2)16-7-9-22-10-8-16)25-20(28)13-27-19-6-4-3-5-17(19)11-24-27/h3-12,14H,13H2,1-2H3,(H,25,28)/t14-/m0/s1. The first-order valence-corrected chi connectivity index (χ1v) is 9.05. The third-order valence-electron chi connectivity index (χ3n) is 4.64. The Bertz CT molecular complexity index is 1120. The molecule has 3 heterocycles. The smallest absolute Gasteiger partial charge is 0.242 e. The van der Waals surface area contributed by atoms with Gasteiger partial charge in [-0.05, 0) is 32.0 Å². The number of hydrogen-bond acceptors (Lipinski definition) is 5. The van der Waals surface area contributed by atoms with Crippen molar-refractivity contribution in [1.82, 2.24) is 30.0 Å². The normalized spacial score (nSPS) is 12.1. The first kappa shape index (κ1) is 17.8. The van der Waals surface area contributed by atoms with E-state index < -0.39 is 0 Å². The van der Waals surface area contributed by atoms with E-state index in [0.717, 1.165) is 27.7 Å². The summed E-state index contributed by atoms with van der Waals surface area (Å²) in [6.07, 6.45) is 6.96. The Morgan fingerprint density at radius 1 is 1.14 bits per heavy atom. The number of amides is 1. The van der Waals surface area contributed by atoms with Crippen LogP contribution in [0.3, 0.4) is 0 Å². The van der Waals surface area contributed by atoms with Crippen LogP contribution in [0.25, 0.3) is 22.3 Å². The molecule has 28 heavy (non-hydrogen) atoms. The molecule has 1 atom stereocenters. The summed E-state index contributed by atoms with van der Waals surface area (Å²) in [4.78, 5) is 25.6. The molecule has 0 aliphatic heterocycles. The molecule has 7 nitrogen and oxygen atoms in total. The zero-order chi connectivity index (χ0) is 19.5. The van der Waals surface area contributed by atoms with Crippen LogP contribution in [0.1, 0.15) is 24.2 Å². The van der Waals surface area contributed by atoms with Gasteiger partial charge in [0.1, 0.15) is 6.54 Å². The number of nitrogens with zero attached hydrogens (tertiary/aromatic N) is 5. The quantitative estimate of drug-likeness (QED) is 0.582. The first-order chi connectivity index (χ1) is 13.6. The molecule has 0 spiro atoms. The highest BCUT2D eigenvalue weighted by atomic mass is 16.2. The van der Waals surface area contributed by atoms with Gasteiger partial charge in [0.2, 0.25) is 5.91 Å². The van der Waals surface area contributed by atoms with Crippen molar-refractivity contribution in [3.05, 3.63) is 72.4 Å². The minimum absolute atomic E-state index is 0.112. The second-order valence-electron chi connectivity index (χ2n) is 6.62. The fourth-order valence-electron chi connectivity index (χ4n) is 3.19. The molecule has 0 unspecified atom stereocenters. The molecule has 4 aromatic rings. The lowest BCUT2D eigenvalue weighted by Crippen LogP contribution is -2.31. The van der Waals surface area contributed by atoms with Crippen LogP contribution in [-0.2, 0) is 11.3 Å². The minimum atomic E-state index is -0.208. The highest BCUT2D eigenvalue weighted by Gasteiger charge is 2.15. The maximum absolute atomic E-state index is 12.5. The average molecular weight is 372 g/mol. The van der Waals surface area contributed by atoms with E-state index in [4.69, 9.17) is 0 Å². The zero-order valence-corrected chi connectivity index (χ0v) is 15.7. The lowest BCUT2D eigenvalue weighted by molar-refractivity contribution is -0.122. The molecular formula is C21H20N6O. The van der Waals surface area contributed by atoms with Gasteiger partial charge in [-0.1, -0.05) is 18.2 Å². The van der Waals surface area contributed by atoms with E-state index in [1.54, 1.807) is 29.5 Å². The molecule has 1 amide bonds. The van der Waals surface area contributed by atoms with E-state index in [1.807, 2.05) is 50.2 Å². The number of pyridine rings is 1. The summed E-state index contributed by atoms with van der Waals surface area (Å²) >= 11 is 0. The maximum Gasteiger partial charge on any atom is 0.242 e. The third kappa shape index (κ3) is 3.59. The van der Waals surface area contributed by atoms with Crippen molar-refractivity contribution in [3.63, 3.8) is 0 Å². The number of nitrogens with one attached hydrogen (secondary N) is 1. The summed E-state index contributed by atoms with van der Waals surface area (Å²) in [6.45, 7) is 4.01. The SMILES string of the molecule is Cc1nc(-c2ccncc2)ncc1[C@H](C)NC(=O)Cn1ncc2ccccc21. The van der Waals surface area contributed by atoms with Crippen LogP contribution >= 0.6 is 0 Å². The summed E-state index contributed by atoms with van der Waals surface area (Å²) in [5.41, 5.74) is 3.56. The molecule has 0 bridgehead atoms. The van der Waals surface area contributed by atoms with Crippen molar-refractivity contribution in [1.29, 1.82) is 0 Å². The monoisotopic (exact) mass is 372 g/mol. The maximum atomic E-state index is 12.5. The molecule has 0 aliphatic carbocycles. The van der Waals surface area contributed by atoms with Gasteiger partial charge < -0.3 is 5.32 Å². The number of fused-ring (bicyclic) bond motifs is 1. The Morgan fingerprint density at radius 3 is 2.71 bits per heavy atom. The fraction of sp³-hybridized carbons (Fsp3) is 0.190. The predicted molar refractivity (Wildman–Crippen MR) is 106 cm³/mol. The van der Waals surface area contributed by atoms with Gasteiger partial charge in [-0.2, -0.15) is 5.10 Å². The third-order valence-corrected chi connectivity index (χ3v) is 4.64. The largest absolute Gasteiger partial charge is 0.348 e. The lowest BCUT2D eigenvalue weighted by Gasteiger charge is -2.16. The summed E-state index contributed by atoms with van der Waals surface area (Å²) in [5, 5.41) is 8.33. The van der Waals surface area contributed by atoms with Crippen molar-refractivity contribution in [2.24, 2.45) is 0 Å². The number of benzene rings is 1. The minimum Gasteiger partial charge on any atom is -0.348 e. The second-order valence-corrected chi connectivity index (χ2v) is 6.62. The number of para-hydroxylation sites is 1. The topological polar surface area (TPSA) is 85.6 Å². The Kier molecular flexibility index (Phi) is 4.80. The highest BCUT2D eigenvalue weighted by molar-refractivity contribution is 5.82. The molecule has 1 N–H and O–H groups in total. The number of carbonyl (C=O) groups is 1. The predicted octanol–water partition coefficient (Wildman–Crippen LogP) is 3.07. The van der Waals surface area contributed by atoms with Crippen LogP contribution in [0, 0.1) is 6.92 Å². The van der Waals surface area contributed by atoms with Crippen LogP contribution in [-0.4, -0.2) is 30.6 Å². The molecule has 0 aliphatic rings. The van der Waals surface area contributed by atoms with E-state index in [0.29, 0.717) is 5.82 Å². The van der Waals surface area contributed by atoms with E-state index >= 15 is 0 Å². The Balaban J connectivity index is 1.47. The summed E-state index contributed by atoms with van der Waals surface area (Å²) < 4.78 is 1.70. The van der Waals surface area contributed by atoms with E-state index in [1.165, 1.54) is 0 Å². The molecule has 1 aromatic carbocycles.